The fourth-order valence-electron chi connectivity index (χ4n) is 1.86. The van der Waals surface area contributed by atoms with Crippen molar-refractivity contribution in [1.82, 2.24) is 9.97 Å². The van der Waals surface area contributed by atoms with Gasteiger partial charge >= 0.3 is 0 Å². The van der Waals surface area contributed by atoms with Crippen molar-refractivity contribution in [2.45, 2.75) is 46.0 Å². The predicted molar refractivity (Wildman–Crippen MR) is 78.8 cm³/mol. The number of carbonyl (C=O) groups is 1. The monoisotopic (exact) mass is 283 g/mol. The molecule has 4 nitrogen and oxygen atoms in total. The first-order chi connectivity index (χ1) is 9.15. The molecule has 0 aromatic carbocycles. The maximum absolute atomic E-state index is 10.9. The largest absolute Gasteiger partial charge is 0.369 e. The molecule has 0 unspecified atom stereocenters. The minimum atomic E-state index is 0.199. The molecule has 0 spiro atoms. The molecule has 0 saturated carbocycles. The summed E-state index contributed by atoms with van der Waals surface area (Å²) in [7, 11) is 0. The van der Waals surface area contributed by atoms with E-state index < -0.39 is 0 Å². The first-order valence-electron chi connectivity index (χ1n) is 6.84. The molecule has 1 N–H and O–H groups in total. The minimum absolute atomic E-state index is 0.199. The lowest BCUT2D eigenvalue weighted by Gasteiger charge is -2.08. The maximum Gasteiger partial charge on any atom is 0.156 e. The van der Waals surface area contributed by atoms with Crippen molar-refractivity contribution >= 4 is 23.7 Å². The lowest BCUT2D eigenvalue weighted by Crippen LogP contribution is -2.07. The Morgan fingerprint density at radius 3 is 2.68 bits per heavy atom. The third-order valence-electron chi connectivity index (χ3n) is 2.95. The molecule has 5 heteroatoms. The lowest BCUT2D eigenvalue weighted by molar-refractivity contribution is 0.112. The summed E-state index contributed by atoms with van der Waals surface area (Å²) >= 11 is 5.82. The quantitative estimate of drug-likeness (QED) is 0.423. The van der Waals surface area contributed by atoms with E-state index in [9.17, 15) is 4.79 Å². The second-order valence-electron chi connectivity index (χ2n) is 5.07. The molecule has 0 atom stereocenters. The molecule has 0 fully saturated rings. The highest BCUT2D eigenvalue weighted by molar-refractivity contribution is 6.32. The number of nitrogens with one attached hydrogen (secondary N) is 1. The zero-order valence-corrected chi connectivity index (χ0v) is 12.4. The highest BCUT2D eigenvalue weighted by Crippen LogP contribution is 2.17. The van der Waals surface area contributed by atoms with E-state index in [1.807, 2.05) is 0 Å². The van der Waals surface area contributed by atoms with Crippen molar-refractivity contribution < 1.29 is 4.79 Å². The molecule has 1 rings (SSSR count). The summed E-state index contributed by atoms with van der Waals surface area (Å²) in [5, 5.41) is 3.34. The van der Waals surface area contributed by atoms with Gasteiger partial charge in [-0.05, 0) is 12.3 Å². The summed E-state index contributed by atoms with van der Waals surface area (Å²) in [4.78, 5) is 18.7. The zero-order chi connectivity index (χ0) is 14.1. The molecule has 106 valence electrons. The summed E-state index contributed by atoms with van der Waals surface area (Å²) < 4.78 is 0. The van der Waals surface area contributed by atoms with Gasteiger partial charge in [0.1, 0.15) is 17.3 Å². The van der Waals surface area contributed by atoms with E-state index in [-0.39, 0.29) is 5.15 Å². The summed E-state index contributed by atoms with van der Waals surface area (Å²) in [5.74, 6) is 1.31. The van der Waals surface area contributed by atoms with Crippen LogP contribution in [0.1, 0.15) is 56.3 Å². The average Bonchev–Trinajstić information content (AvgIpc) is 2.37. The third-order valence-corrected chi connectivity index (χ3v) is 3.26. The first kappa shape index (κ1) is 15.9. The Labute approximate surface area is 120 Å². The lowest BCUT2D eigenvalue weighted by atomic mass is 10.0. The normalized spacial score (nSPS) is 10.7. The molecule has 0 amide bonds. The molecule has 0 radical (unpaired) electrons. The molecule has 1 heterocycles. The molecular weight excluding hydrogens is 262 g/mol. The molecule has 1 aromatic rings. The topological polar surface area (TPSA) is 54.9 Å². The Morgan fingerprint density at radius 2 is 2.00 bits per heavy atom. The third kappa shape index (κ3) is 6.01. The van der Waals surface area contributed by atoms with Crippen molar-refractivity contribution in [3.8, 4) is 0 Å². The summed E-state index contributed by atoms with van der Waals surface area (Å²) in [5.41, 5.74) is 0.337. The van der Waals surface area contributed by atoms with Gasteiger partial charge in [-0.25, -0.2) is 9.97 Å². The Hall–Kier alpha value is -1.16. The maximum atomic E-state index is 10.9. The van der Waals surface area contributed by atoms with Crippen molar-refractivity contribution in [3.05, 3.63) is 17.0 Å². The summed E-state index contributed by atoms with van der Waals surface area (Å²) in [6.07, 6.45) is 8.15. The molecule has 0 bridgehead atoms. The van der Waals surface area contributed by atoms with Gasteiger partial charge in [0.2, 0.25) is 0 Å². The van der Waals surface area contributed by atoms with Gasteiger partial charge in [-0.3, -0.25) is 4.79 Å². The number of rotatable bonds is 9. The van der Waals surface area contributed by atoms with Crippen molar-refractivity contribution in [1.29, 1.82) is 0 Å². The van der Waals surface area contributed by atoms with E-state index in [0.717, 1.165) is 18.9 Å². The highest BCUT2D eigenvalue weighted by Gasteiger charge is 2.07. The van der Waals surface area contributed by atoms with Gasteiger partial charge in [0.05, 0.1) is 5.56 Å². The molecule has 0 aliphatic heterocycles. The van der Waals surface area contributed by atoms with Crippen molar-refractivity contribution in [2.24, 2.45) is 5.92 Å². The van der Waals surface area contributed by atoms with E-state index >= 15 is 0 Å². The number of nitrogens with zero attached hydrogens (tertiary/aromatic N) is 2. The van der Waals surface area contributed by atoms with Gasteiger partial charge in [-0.15, -0.1) is 0 Å². The van der Waals surface area contributed by atoms with E-state index in [0.29, 0.717) is 17.7 Å². The summed E-state index contributed by atoms with van der Waals surface area (Å²) in [6, 6.07) is 0. The number of hydrogen-bond acceptors (Lipinski definition) is 4. The van der Waals surface area contributed by atoms with Crippen LogP contribution in [0.2, 0.25) is 5.15 Å². The highest BCUT2D eigenvalue weighted by atomic mass is 35.5. The fraction of sp³-hybridized carbons (Fsp3) is 0.643. The zero-order valence-electron chi connectivity index (χ0n) is 11.7. The number of unbranched alkanes of at least 4 members (excludes halogenated alkanes) is 3. The van der Waals surface area contributed by atoms with E-state index in [2.05, 4.69) is 29.1 Å². The second kappa shape index (κ2) is 8.86. The van der Waals surface area contributed by atoms with Crippen LogP contribution in [0.25, 0.3) is 0 Å². The van der Waals surface area contributed by atoms with Crippen LogP contribution in [0, 0.1) is 5.92 Å². The van der Waals surface area contributed by atoms with Gasteiger partial charge in [-0.1, -0.05) is 51.1 Å². The number of anilines is 1. The van der Waals surface area contributed by atoms with Gasteiger partial charge in [-0.2, -0.15) is 0 Å². The van der Waals surface area contributed by atoms with Crippen LogP contribution in [0.4, 0.5) is 5.82 Å². The van der Waals surface area contributed by atoms with Crippen LogP contribution in [-0.4, -0.2) is 22.8 Å². The number of carbonyl (C=O) groups excluding carboxylic acids is 1. The Bertz CT molecular complexity index is 396. The van der Waals surface area contributed by atoms with Gasteiger partial charge < -0.3 is 5.32 Å². The predicted octanol–water partition coefficient (Wildman–Crippen LogP) is 3.96. The molecule has 19 heavy (non-hydrogen) atoms. The van der Waals surface area contributed by atoms with Crippen molar-refractivity contribution in [2.75, 3.05) is 11.9 Å². The van der Waals surface area contributed by atoms with Crippen LogP contribution in [0.15, 0.2) is 6.33 Å². The smallest absolute Gasteiger partial charge is 0.156 e. The van der Waals surface area contributed by atoms with Crippen LogP contribution in [-0.2, 0) is 0 Å². The standard InChI is InChI=1S/C14H22ClN3O/c1-11(2)7-5-3-4-6-8-16-14-12(9-19)13(15)17-10-18-14/h9-11H,3-8H2,1-2H3,(H,16,17,18). The molecule has 0 aliphatic rings. The van der Waals surface area contributed by atoms with Gasteiger partial charge in [0.15, 0.2) is 6.29 Å². The SMILES string of the molecule is CC(C)CCCCCCNc1ncnc(Cl)c1C=O. The molecule has 0 aliphatic carbocycles. The van der Waals surface area contributed by atoms with Crippen LogP contribution < -0.4 is 5.32 Å². The molecule has 1 aromatic heterocycles. The Balaban J connectivity index is 2.23. The van der Waals surface area contributed by atoms with Crippen LogP contribution >= 0.6 is 11.6 Å². The van der Waals surface area contributed by atoms with Crippen molar-refractivity contribution in [3.63, 3.8) is 0 Å². The molecule has 0 saturated heterocycles. The molecular formula is C14H22ClN3O. The van der Waals surface area contributed by atoms with E-state index in [1.54, 1.807) is 0 Å². The average molecular weight is 284 g/mol. The minimum Gasteiger partial charge on any atom is -0.369 e. The van der Waals surface area contributed by atoms with E-state index in [4.69, 9.17) is 11.6 Å². The summed E-state index contributed by atoms with van der Waals surface area (Å²) in [6.45, 7) is 5.30. The van der Waals surface area contributed by atoms with Gasteiger partial charge in [0.25, 0.3) is 0 Å². The number of hydrogen-bond donors (Lipinski definition) is 1. The Morgan fingerprint density at radius 1 is 1.26 bits per heavy atom. The van der Waals surface area contributed by atoms with Crippen LogP contribution in [0.5, 0.6) is 0 Å². The second-order valence-corrected chi connectivity index (χ2v) is 5.43. The van der Waals surface area contributed by atoms with Crippen LogP contribution in [0.3, 0.4) is 0 Å². The van der Waals surface area contributed by atoms with Gasteiger partial charge in [0, 0.05) is 6.54 Å². The number of halogens is 1. The Kier molecular flexibility index (Phi) is 7.41. The van der Waals surface area contributed by atoms with E-state index in [1.165, 1.54) is 32.0 Å². The number of aldehydes is 1. The first-order valence-corrected chi connectivity index (χ1v) is 7.22. The number of aromatic nitrogens is 2. The fourth-order valence-corrected chi connectivity index (χ4v) is 2.04.